The first-order valence-corrected chi connectivity index (χ1v) is 11.7. The minimum atomic E-state index is -0.0445. The number of nitriles is 1. The first kappa shape index (κ1) is 23.5. The van der Waals surface area contributed by atoms with Crippen LogP contribution < -0.4 is 0 Å². The van der Waals surface area contributed by atoms with Gasteiger partial charge in [0, 0.05) is 38.4 Å². The maximum atomic E-state index is 13.0. The van der Waals surface area contributed by atoms with Crippen LogP contribution in [0.2, 0.25) is 0 Å². The van der Waals surface area contributed by atoms with Crippen LogP contribution in [0.25, 0.3) is 16.9 Å². The lowest BCUT2D eigenvalue weighted by Gasteiger charge is -2.38. The smallest absolute Gasteiger partial charge is 0.255 e. The van der Waals surface area contributed by atoms with E-state index in [0.29, 0.717) is 41.6 Å². The second kappa shape index (κ2) is 10.1. The Bertz CT molecular complexity index is 1200. The number of aryl methyl sites for hydroxylation is 1. The number of piperazine rings is 1. The van der Waals surface area contributed by atoms with Gasteiger partial charge in [-0.1, -0.05) is 19.9 Å². The first-order valence-electron chi connectivity index (χ1n) is 11.7. The Hall–Kier alpha value is -3.70. The van der Waals surface area contributed by atoms with Crippen LogP contribution in [0.3, 0.4) is 0 Å². The molecule has 1 amide bonds. The monoisotopic (exact) mass is 458 g/mol. The number of nitrogens with zero attached hydrogens (tertiary/aromatic N) is 6. The number of pyridine rings is 1. The molecular weight excluding hydrogens is 428 g/mol. The molecule has 1 N–H and O–H groups in total. The maximum Gasteiger partial charge on any atom is 0.255 e. The normalized spacial score (nSPS) is 14.4. The minimum Gasteiger partial charge on any atom is -0.493 e. The van der Waals surface area contributed by atoms with E-state index in [9.17, 15) is 9.90 Å². The number of hydrogen-bond donors (Lipinski definition) is 1. The third-order valence-electron chi connectivity index (χ3n) is 6.66. The average Bonchev–Trinajstić information content (AvgIpc) is 3.25. The Morgan fingerprint density at radius 2 is 1.82 bits per heavy atom. The molecule has 0 aliphatic carbocycles. The molecule has 176 valence electrons. The Labute approximate surface area is 200 Å². The zero-order valence-electron chi connectivity index (χ0n) is 19.9. The Morgan fingerprint density at radius 1 is 1.09 bits per heavy atom. The summed E-state index contributed by atoms with van der Waals surface area (Å²) in [5.74, 6) is 0.351. The SMILES string of the molecule is CCC(CC)N1CCN(C(=O)c2ccc(-n3ncc(-c4ccc(C#N)cc4C)c3O)nc2)CC1. The van der Waals surface area contributed by atoms with Crippen molar-refractivity contribution in [3.8, 4) is 28.9 Å². The summed E-state index contributed by atoms with van der Waals surface area (Å²) in [4.78, 5) is 21.7. The fourth-order valence-corrected chi connectivity index (χ4v) is 4.65. The van der Waals surface area contributed by atoms with Gasteiger partial charge in [0.2, 0.25) is 5.88 Å². The summed E-state index contributed by atoms with van der Waals surface area (Å²) in [6.07, 6.45) is 5.37. The van der Waals surface area contributed by atoms with Gasteiger partial charge in [0.1, 0.15) is 0 Å². The fraction of sp³-hybridized carbons (Fsp3) is 0.385. The number of carbonyl (C=O) groups excluding carboxylic acids is 1. The number of rotatable bonds is 6. The molecule has 1 aliphatic heterocycles. The standard InChI is InChI=1S/C26H30N6O2/c1-4-21(5-2)30-10-12-31(13-11-30)25(33)20-7-9-24(28-16-20)32-26(34)23(17-29-32)22-8-6-19(15-27)14-18(22)3/h6-9,14,16-17,21,34H,4-5,10-13H2,1-3H3. The van der Waals surface area contributed by atoms with Crippen molar-refractivity contribution in [2.75, 3.05) is 26.2 Å². The lowest BCUT2D eigenvalue weighted by molar-refractivity contribution is 0.0559. The molecule has 0 saturated carbocycles. The summed E-state index contributed by atoms with van der Waals surface area (Å²) in [5.41, 5.74) is 3.30. The van der Waals surface area contributed by atoms with Gasteiger partial charge in [0.25, 0.3) is 5.91 Å². The van der Waals surface area contributed by atoms with Crippen molar-refractivity contribution in [1.82, 2.24) is 24.6 Å². The van der Waals surface area contributed by atoms with Gasteiger partial charge in [0.05, 0.1) is 29.0 Å². The lowest BCUT2D eigenvalue weighted by Crippen LogP contribution is -2.51. The van der Waals surface area contributed by atoms with Gasteiger partial charge < -0.3 is 10.0 Å². The molecule has 1 aliphatic rings. The highest BCUT2D eigenvalue weighted by Gasteiger charge is 2.25. The molecule has 0 bridgehead atoms. The van der Waals surface area contributed by atoms with Gasteiger partial charge in [-0.3, -0.25) is 9.69 Å². The van der Waals surface area contributed by atoms with Crippen LogP contribution in [0, 0.1) is 18.3 Å². The zero-order chi connectivity index (χ0) is 24.2. The van der Waals surface area contributed by atoms with Gasteiger partial charge in [-0.2, -0.15) is 15.0 Å². The predicted molar refractivity (Wildman–Crippen MR) is 130 cm³/mol. The van der Waals surface area contributed by atoms with Crippen LogP contribution in [0.15, 0.2) is 42.7 Å². The molecule has 1 aromatic carbocycles. The van der Waals surface area contributed by atoms with E-state index >= 15 is 0 Å². The van der Waals surface area contributed by atoms with Gasteiger partial charge in [-0.05, 0) is 55.2 Å². The van der Waals surface area contributed by atoms with E-state index < -0.39 is 0 Å². The third kappa shape index (κ3) is 4.52. The average molecular weight is 459 g/mol. The second-order valence-electron chi connectivity index (χ2n) is 8.64. The number of amides is 1. The quantitative estimate of drug-likeness (QED) is 0.604. The third-order valence-corrected chi connectivity index (χ3v) is 6.66. The van der Waals surface area contributed by atoms with E-state index in [2.05, 4.69) is 34.9 Å². The van der Waals surface area contributed by atoms with Crippen molar-refractivity contribution in [1.29, 1.82) is 5.26 Å². The van der Waals surface area contributed by atoms with Gasteiger partial charge in [0.15, 0.2) is 5.82 Å². The number of carbonyl (C=O) groups is 1. The number of aromatic hydroxyl groups is 1. The Balaban J connectivity index is 1.48. The molecule has 8 nitrogen and oxygen atoms in total. The molecule has 8 heteroatoms. The van der Waals surface area contributed by atoms with Crippen LogP contribution in [-0.2, 0) is 0 Å². The molecule has 3 aromatic rings. The van der Waals surface area contributed by atoms with Crippen LogP contribution in [0.5, 0.6) is 5.88 Å². The predicted octanol–water partition coefficient (Wildman–Crippen LogP) is 3.77. The summed E-state index contributed by atoms with van der Waals surface area (Å²) in [7, 11) is 0. The summed E-state index contributed by atoms with van der Waals surface area (Å²) < 4.78 is 1.34. The molecule has 0 spiro atoms. The van der Waals surface area contributed by atoms with Crippen molar-refractivity contribution < 1.29 is 9.90 Å². The van der Waals surface area contributed by atoms with Crippen LogP contribution >= 0.6 is 0 Å². The highest BCUT2D eigenvalue weighted by molar-refractivity contribution is 5.94. The van der Waals surface area contributed by atoms with E-state index in [0.717, 1.165) is 37.1 Å². The largest absolute Gasteiger partial charge is 0.493 e. The molecule has 4 rings (SSSR count). The van der Waals surface area contributed by atoms with E-state index in [-0.39, 0.29) is 11.8 Å². The van der Waals surface area contributed by atoms with Crippen LogP contribution in [0.4, 0.5) is 0 Å². The maximum absolute atomic E-state index is 13.0. The van der Waals surface area contributed by atoms with Crippen molar-refractivity contribution in [2.24, 2.45) is 0 Å². The summed E-state index contributed by atoms with van der Waals surface area (Å²) >= 11 is 0. The highest BCUT2D eigenvalue weighted by Crippen LogP contribution is 2.33. The molecule has 1 saturated heterocycles. The van der Waals surface area contributed by atoms with E-state index in [4.69, 9.17) is 5.26 Å². The van der Waals surface area contributed by atoms with Gasteiger partial charge in [-0.15, -0.1) is 0 Å². The van der Waals surface area contributed by atoms with Crippen LogP contribution in [-0.4, -0.2) is 67.8 Å². The van der Waals surface area contributed by atoms with E-state index in [1.807, 2.05) is 11.8 Å². The number of benzene rings is 1. The summed E-state index contributed by atoms with van der Waals surface area (Å²) in [5, 5.41) is 24.2. The molecule has 0 atom stereocenters. The lowest BCUT2D eigenvalue weighted by atomic mass is 10.0. The Morgan fingerprint density at radius 3 is 2.41 bits per heavy atom. The summed E-state index contributed by atoms with van der Waals surface area (Å²) in [6.45, 7) is 9.52. The van der Waals surface area contributed by atoms with Crippen molar-refractivity contribution in [3.63, 3.8) is 0 Å². The van der Waals surface area contributed by atoms with Gasteiger partial charge in [-0.25, -0.2) is 4.98 Å². The zero-order valence-corrected chi connectivity index (χ0v) is 19.9. The molecule has 1 fully saturated rings. The van der Waals surface area contributed by atoms with E-state index in [1.54, 1.807) is 42.7 Å². The highest BCUT2D eigenvalue weighted by atomic mass is 16.3. The van der Waals surface area contributed by atoms with Crippen molar-refractivity contribution >= 4 is 5.91 Å². The minimum absolute atomic E-state index is 0.0261. The van der Waals surface area contributed by atoms with Crippen molar-refractivity contribution in [2.45, 2.75) is 39.7 Å². The number of hydrogen-bond acceptors (Lipinski definition) is 6. The van der Waals surface area contributed by atoms with E-state index in [1.165, 1.54) is 4.68 Å². The topological polar surface area (TPSA) is 98.3 Å². The molecule has 34 heavy (non-hydrogen) atoms. The Kier molecular flexibility index (Phi) is 6.94. The first-order chi connectivity index (χ1) is 16.5. The molecule has 0 radical (unpaired) electrons. The molecule has 3 heterocycles. The van der Waals surface area contributed by atoms with Gasteiger partial charge >= 0.3 is 0 Å². The number of aromatic nitrogens is 3. The molecule has 0 unspecified atom stereocenters. The van der Waals surface area contributed by atoms with Crippen molar-refractivity contribution in [3.05, 3.63) is 59.4 Å². The second-order valence-corrected chi connectivity index (χ2v) is 8.64. The van der Waals surface area contributed by atoms with Crippen LogP contribution in [0.1, 0.15) is 48.2 Å². The molecule has 2 aromatic heterocycles. The summed E-state index contributed by atoms with van der Waals surface area (Å²) in [6, 6.07) is 11.4. The fourth-order valence-electron chi connectivity index (χ4n) is 4.65. The molecular formula is C26H30N6O2.